The topological polar surface area (TPSA) is 72.3 Å². The minimum Gasteiger partial charge on any atom is -0.385 e. The molecule has 2 aromatic heterocycles. The molecular formula is C21H33N5O2. The smallest absolute Gasteiger partial charge is 0.290 e. The SMILES string of the molecule is COCCCCn1c(C(=O)N(CC(C)C)[C@H]2CCCNC2)nc2cccnc21. The number of nitrogens with one attached hydrogen (secondary N) is 1. The van der Waals surface area contributed by atoms with Gasteiger partial charge in [0.25, 0.3) is 5.91 Å². The molecule has 0 bridgehead atoms. The molecule has 1 fully saturated rings. The van der Waals surface area contributed by atoms with E-state index in [1.54, 1.807) is 13.3 Å². The Kier molecular flexibility index (Phi) is 7.39. The molecule has 0 radical (unpaired) electrons. The Morgan fingerprint density at radius 3 is 3.00 bits per heavy atom. The lowest BCUT2D eigenvalue weighted by Crippen LogP contribution is -2.50. The van der Waals surface area contributed by atoms with Crippen LogP contribution >= 0.6 is 0 Å². The minimum absolute atomic E-state index is 0.0205. The summed E-state index contributed by atoms with van der Waals surface area (Å²) in [4.78, 5) is 24.8. The number of hydrogen-bond donors (Lipinski definition) is 1. The van der Waals surface area contributed by atoms with Gasteiger partial charge in [0.15, 0.2) is 5.65 Å². The maximum absolute atomic E-state index is 13.6. The highest BCUT2D eigenvalue weighted by Gasteiger charge is 2.30. The van der Waals surface area contributed by atoms with Crippen molar-refractivity contribution in [3.8, 4) is 0 Å². The molecule has 1 atom stereocenters. The van der Waals surface area contributed by atoms with Crippen LogP contribution in [-0.4, -0.2) is 64.7 Å². The lowest BCUT2D eigenvalue weighted by molar-refractivity contribution is 0.0603. The number of rotatable bonds is 9. The summed E-state index contributed by atoms with van der Waals surface area (Å²) in [6.45, 7) is 8.38. The first-order valence-electron chi connectivity index (χ1n) is 10.4. The summed E-state index contributed by atoms with van der Waals surface area (Å²) in [6, 6.07) is 4.02. The van der Waals surface area contributed by atoms with E-state index in [-0.39, 0.29) is 11.9 Å². The first-order chi connectivity index (χ1) is 13.6. The van der Waals surface area contributed by atoms with Crippen molar-refractivity contribution in [1.29, 1.82) is 0 Å². The molecule has 0 aliphatic carbocycles. The summed E-state index contributed by atoms with van der Waals surface area (Å²) >= 11 is 0. The van der Waals surface area contributed by atoms with E-state index in [1.807, 2.05) is 21.6 Å². The fourth-order valence-corrected chi connectivity index (χ4v) is 3.87. The molecule has 0 aromatic carbocycles. The van der Waals surface area contributed by atoms with Gasteiger partial charge < -0.3 is 19.5 Å². The van der Waals surface area contributed by atoms with Crippen molar-refractivity contribution in [3.63, 3.8) is 0 Å². The third-order valence-corrected chi connectivity index (χ3v) is 5.21. The number of methoxy groups -OCH3 is 1. The zero-order chi connectivity index (χ0) is 19.9. The number of pyridine rings is 1. The van der Waals surface area contributed by atoms with E-state index >= 15 is 0 Å². The van der Waals surface area contributed by atoms with Crippen LogP contribution in [0.15, 0.2) is 18.3 Å². The van der Waals surface area contributed by atoms with Crippen molar-refractivity contribution in [2.45, 2.75) is 52.1 Å². The van der Waals surface area contributed by atoms with E-state index in [0.29, 0.717) is 11.7 Å². The predicted molar refractivity (Wildman–Crippen MR) is 110 cm³/mol. The average molecular weight is 388 g/mol. The van der Waals surface area contributed by atoms with E-state index in [1.165, 1.54) is 0 Å². The monoisotopic (exact) mass is 387 g/mol. The second kappa shape index (κ2) is 9.98. The van der Waals surface area contributed by atoms with Crippen LogP contribution in [0, 0.1) is 5.92 Å². The molecule has 1 aliphatic rings. The van der Waals surface area contributed by atoms with Gasteiger partial charge in [-0.05, 0) is 50.3 Å². The maximum atomic E-state index is 13.6. The minimum atomic E-state index is 0.0205. The number of unbranched alkanes of at least 4 members (excludes halogenated alkanes) is 1. The Labute approximate surface area is 167 Å². The maximum Gasteiger partial charge on any atom is 0.290 e. The van der Waals surface area contributed by atoms with Gasteiger partial charge in [0.2, 0.25) is 5.82 Å². The number of ether oxygens (including phenoxy) is 1. The van der Waals surface area contributed by atoms with Gasteiger partial charge in [-0.3, -0.25) is 4.79 Å². The second-order valence-electron chi connectivity index (χ2n) is 7.98. The predicted octanol–water partition coefficient (Wildman–Crippen LogP) is 2.71. The summed E-state index contributed by atoms with van der Waals surface area (Å²) in [6.07, 6.45) is 5.77. The van der Waals surface area contributed by atoms with Crippen molar-refractivity contribution < 1.29 is 9.53 Å². The summed E-state index contributed by atoms with van der Waals surface area (Å²) < 4.78 is 7.16. The quantitative estimate of drug-likeness (QED) is 0.670. The van der Waals surface area contributed by atoms with Crippen molar-refractivity contribution in [1.82, 2.24) is 24.8 Å². The molecule has 1 aliphatic heterocycles. The molecule has 0 unspecified atom stereocenters. The molecule has 3 rings (SSSR count). The van der Waals surface area contributed by atoms with Crippen molar-refractivity contribution in [3.05, 3.63) is 24.2 Å². The molecule has 1 N–H and O–H groups in total. The van der Waals surface area contributed by atoms with Gasteiger partial charge in [-0.1, -0.05) is 13.8 Å². The lowest BCUT2D eigenvalue weighted by Gasteiger charge is -2.35. The zero-order valence-corrected chi connectivity index (χ0v) is 17.4. The molecular weight excluding hydrogens is 354 g/mol. The third kappa shape index (κ3) is 4.89. The highest BCUT2D eigenvalue weighted by atomic mass is 16.5. The van der Waals surface area contributed by atoms with Gasteiger partial charge in [0, 0.05) is 45.6 Å². The van der Waals surface area contributed by atoms with Crippen LogP contribution < -0.4 is 5.32 Å². The molecule has 3 heterocycles. The number of imidazole rings is 1. The highest BCUT2D eigenvalue weighted by Crippen LogP contribution is 2.20. The number of amides is 1. The average Bonchev–Trinajstić information content (AvgIpc) is 3.08. The van der Waals surface area contributed by atoms with Gasteiger partial charge in [-0.25, -0.2) is 9.97 Å². The Morgan fingerprint density at radius 2 is 2.29 bits per heavy atom. The first kappa shape index (κ1) is 20.7. The second-order valence-corrected chi connectivity index (χ2v) is 7.98. The normalized spacial score (nSPS) is 17.4. The van der Waals surface area contributed by atoms with E-state index < -0.39 is 0 Å². The van der Waals surface area contributed by atoms with Crippen molar-refractivity contribution >= 4 is 17.1 Å². The molecule has 28 heavy (non-hydrogen) atoms. The summed E-state index contributed by atoms with van der Waals surface area (Å²) in [5, 5.41) is 3.44. The van der Waals surface area contributed by atoms with Gasteiger partial charge in [0.1, 0.15) is 5.52 Å². The number of aryl methyl sites for hydroxylation is 1. The molecule has 0 spiro atoms. The Morgan fingerprint density at radius 1 is 1.43 bits per heavy atom. The molecule has 1 amide bonds. The van der Waals surface area contributed by atoms with Gasteiger partial charge >= 0.3 is 0 Å². The standard InChI is InChI=1S/C21H33N5O2/c1-16(2)15-26(17-8-6-10-22-14-17)21(27)20-24-18-9-7-11-23-19(18)25(20)12-4-5-13-28-3/h7,9,11,16-17,22H,4-6,8,10,12-15H2,1-3H3/t17-/m0/s1. The van der Waals surface area contributed by atoms with E-state index in [0.717, 1.165) is 69.6 Å². The lowest BCUT2D eigenvalue weighted by atomic mass is 10.0. The fraction of sp³-hybridized carbons (Fsp3) is 0.667. The number of fused-ring (bicyclic) bond motifs is 1. The number of carbonyl (C=O) groups excluding carboxylic acids is 1. The van der Waals surface area contributed by atoms with Crippen LogP contribution in [0.25, 0.3) is 11.2 Å². The van der Waals surface area contributed by atoms with Crippen LogP contribution in [0.5, 0.6) is 0 Å². The Balaban J connectivity index is 1.90. The molecule has 7 heteroatoms. The number of aromatic nitrogens is 3. The van der Waals surface area contributed by atoms with Gasteiger partial charge in [-0.15, -0.1) is 0 Å². The third-order valence-electron chi connectivity index (χ3n) is 5.21. The van der Waals surface area contributed by atoms with Gasteiger partial charge in [-0.2, -0.15) is 0 Å². The van der Waals surface area contributed by atoms with Crippen LogP contribution in [0.2, 0.25) is 0 Å². The van der Waals surface area contributed by atoms with Crippen LogP contribution in [0.4, 0.5) is 0 Å². The molecule has 7 nitrogen and oxygen atoms in total. The van der Waals surface area contributed by atoms with E-state index in [2.05, 4.69) is 24.1 Å². The van der Waals surface area contributed by atoms with E-state index in [9.17, 15) is 4.79 Å². The van der Waals surface area contributed by atoms with Crippen LogP contribution in [0.1, 0.15) is 50.1 Å². The van der Waals surface area contributed by atoms with Crippen molar-refractivity contribution in [2.24, 2.45) is 5.92 Å². The van der Waals surface area contributed by atoms with E-state index in [4.69, 9.17) is 9.72 Å². The molecule has 154 valence electrons. The molecule has 1 saturated heterocycles. The highest BCUT2D eigenvalue weighted by molar-refractivity contribution is 5.94. The van der Waals surface area contributed by atoms with Crippen molar-refractivity contribution in [2.75, 3.05) is 33.4 Å². The Hall–Kier alpha value is -1.99. The zero-order valence-electron chi connectivity index (χ0n) is 17.4. The van der Waals surface area contributed by atoms with Crippen LogP contribution in [-0.2, 0) is 11.3 Å². The number of hydrogen-bond acceptors (Lipinski definition) is 5. The molecule has 0 saturated carbocycles. The summed E-state index contributed by atoms with van der Waals surface area (Å²) in [5.41, 5.74) is 1.57. The number of carbonyl (C=O) groups is 1. The molecule has 2 aromatic rings. The fourth-order valence-electron chi connectivity index (χ4n) is 3.87. The number of piperidine rings is 1. The largest absolute Gasteiger partial charge is 0.385 e. The van der Waals surface area contributed by atoms with Gasteiger partial charge in [0.05, 0.1) is 0 Å². The summed E-state index contributed by atoms with van der Waals surface area (Å²) in [5.74, 6) is 0.938. The van der Waals surface area contributed by atoms with Crippen LogP contribution in [0.3, 0.4) is 0 Å². The number of nitrogens with zero attached hydrogens (tertiary/aromatic N) is 4. The Bertz CT molecular complexity index is 767. The first-order valence-corrected chi connectivity index (χ1v) is 10.4. The summed E-state index contributed by atoms with van der Waals surface area (Å²) in [7, 11) is 1.71.